The predicted octanol–water partition coefficient (Wildman–Crippen LogP) is 2.04. The highest BCUT2D eigenvalue weighted by Crippen LogP contribution is 2.19. The Balaban J connectivity index is 2.89. The fourth-order valence-corrected chi connectivity index (χ4v) is 1.37. The quantitative estimate of drug-likeness (QED) is 0.801. The van der Waals surface area contributed by atoms with E-state index in [0.717, 1.165) is 5.56 Å². The molecule has 78 valence electrons. The lowest BCUT2D eigenvalue weighted by atomic mass is 10.0. The van der Waals surface area contributed by atoms with Crippen LogP contribution in [0.2, 0.25) is 0 Å². The minimum atomic E-state index is -0.782. The van der Waals surface area contributed by atoms with Crippen LogP contribution in [-0.2, 0) is 4.79 Å². The Morgan fingerprint density at radius 3 is 2.64 bits per heavy atom. The van der Waals surface area contributed by atoms with Crippen molar-refractivity contribution in [3.8, 4) is 0 Å². The van der Waals surface area contributed by atoms with Gasteiger partial charge in [0.05, 0.1) is 12.1 Å². The number of carboxylic acid groups (broad SMARTS) is 1. The van der Waals surface area contributed by atoms with Crippen molar-refractivity contribution in [2.75, 3.05) is 0 Å². The van der Waals surface area contributed by atoms with Crippen molar-refractivity contribution in [2.24, 2.45) is 0 Å². The number of rotatable bonds is 4. The van der Waals surface area contributed by atoms with Crippen LogP contribution in [0.1, 0.15) is 44.7 Å². The van der Waals surface area contributed by atoms with E-state index in [1.165, 1.54) is 0 Å². The first kappa shape index (κ1) is 10.8. The summed E-state index contributed by atoms with van der Waals surface area (Å²) in [6.45, 7) is 5.89. The third kappa shape index (κ3) is 2.13. The molecule has 1 atom stereocenters. The van der Waals surface area contributed by atoms with Crippen LogP contribution in [0.15, 0.2) is 12.4 Å². The minimum absolute atomic E-state index is 0.273. The van der Waals surface area contributed by atoms with Gasteiger partial charge < -0.3 is 5.11 Å². The molecule has 1 aromatic rings. The van der Waals surface area contributed by atoms with Crippen molar-refractivity contribution in [3.05, 3.63) is 18.0 Å². The van der Waals surface area contributed by atoms with E-state index in [1.54, 1.807) is 10.9 Å². The van der Waals surface area contributed by atoms with Crippen LogP contribution in [0.5, 0.6) is 0 Å². The minimum Gasteiger partial charge on any atom is -0.481 e. The molecule has 14 heavy (non-hydrogen) atoms. The van der Waals surface area contributed by atoms with Gasteiger partial charge >= 0.3 is 5.97 Å². The molecule has 1 unspecified atom stereocenters. The van der Waals surface area contributed by atoms with Gasteiger partial charge in [0.2, 0.25) is 0 Å². The number of aliphatic carboxylic acids is 1. The fourth-order valence-electron chi connectivity index (χ4n) is 1.37. The Bertz CT molecular complexity index is 318. The largest absolute Gasteiger partial charge is 0.481 e. The third-order valence-electron chi connectivity index (χ3n) is 2.26. The maximum atomic E-state index is 10.9. The number of hydrogen-bond acceptors (Lipinski definition) is 2. The first-order valence-corrected chi connectivity index (χ1v) is 4.83. The molecular weight excluding hydrogens is 180 g/mol. The summed E-state index contributed by atoms with van der Waals surface area (Å²) in [5.74, 6) is -1.21. The van der Waals surface area contributed by atoms with Gasteiger partial charge in [0.15, 0.2) is 0 Å². The highest BCUT2D eigenvalue weighted by molar-refractivity contribution is 5.75. The van der Waals surface area contributed by atoms with Gasteiger partial charge in [0.25, 0.3) is 0 Å². The SMILES string of the molecule is CCC(C(=O)O)c1cnn(C(C)C)c1. The topological polar surface area (TPSA) is 55.1 Å². The van der Waals surface area contributed by atoms with Crippen LogP contribution in [0.4, 0.5) is 0 Å². The summed E-state index contributed by atoms with van der Waals surface area (Å²) in [6.07, 6.45) is 4.05. The number of aromatic nitrogens is 2. The van der Waals surface area contributed by atoms with E-state index in [2.05, 4.69) is 5.10 Å². The van der Waals surface area contributed by atoms with E-state index in [1.807, 2.05) is 27.0 Å². The molecule has 0 spiro atoms. The summed E-state index contributed by atoms with van der Waals surface area (Å²) in [4.78, 5) is 10.9. The second-order valence-corrected chi connectivity index (χ2v) is 3.65. The van der Waals surface area contributed by atoms with E-state index in [0.29, 0.717) is 6.42 Å². The number of nitrogens with zero attached hydrogens (tertiary/aromatic N) is 2. The first-order valence-electron chi connectivity index (χ1n) is 4.83. The van der Waals surface area contributed by atoms with Crippen molar-refractivity contribution in [1.82, 2.24) is 9.78 Å². The molecular formula is C10H16N2O2. The molecule has 0 aliphatic carbocycles. The summed E-state index contributed by atoms with van der Waals surface area (Å²) in [5, 5.41) is 13.1. The summed E-state index contributed by atoms with van der Waals surface area (Å²) in [7, 11) is 0. The monoisotopic (exact) mass is 196 g/mol. The maximum Gasteiger partial charge on any atom is 0.311 e. The summed E-state index contributed by atoms with van der Waals surface area (Å²) < 4.78 is 1.78. The highest BCUT2D eigenvalue weighted by Gasteiger charge is 2.19. The Labute approximate surface area is 83.5 Å². The second-order valence-electron chi connectivity index (χ2n) is 3.65. The molecule has 0 radical (unpaired) electrons. The standard InChI is InChI=1S/C10H16N2O2/c1-4-9(10(13)14)8-5-11-12(6-8)7(2)3/h5-7,9H,4H2,1-3H3,(H,13,14). The summed E-state index contributed by atoms with van der Waals surface area (Å²) in [6, 6.07) is 0.273. The van der Waals surface area contributed by atoms with Crippen molar-refractivity contribution >= 4 is 5.97 Å². The smallest absolute Gasteiger partial charge is 0.311 e. The van der Waals surface area contributed by atoms with Gasteiger partial charge in [-0.2, -0.15) is 5.10 Å². The Kier molecular flexibility index (Phi) is 3.28. The zero-order chi connectivity index (χ0) is 10.7. The Hall–Kier alpha value is -1.32. The molecule has 0 saturated carbocycles. The molecule has 1 rings (SSSR count). The number of hydrogen-bond donors (Lipinski definition) is 1. The lowest BCUT2D eigenvalue weighted by Gasteiger charge is -2.06. The average Bonchev–Trinajstić information content (AvgIpc) is 2.53. The molecule has 0 amide bonds. The maximum absolute atomic E-state index is 10.9. The lowest BCUT2D eigenvalue weighted by Crippen LogP contribution is -2.09. The van der Waals surface area contributed by atoms with Gasteiger partial charge in [-0.1, -0.05) is 6.92 Å². The van der Waals surface area contributed by atoms with Crippen LogP contribution < -0.4 is 0 Å². The van der Waals surface area contributed by atoms with E-state index in [9.17, 15) is 4.79 Å². The second kappa shape index (κ2) is 4.26. The van der Waals surface area contributed by atoms with Crippen molar-refractivity contribution < 1.29 is 9.90 Å². The summed E-state index contributed by atoms with van der Waals surface area (Å²) in [5.41, 5.74) is 0.786. The zero-order valence-electron chi connectivity index (χ0n) is 8.77. The van der Waals surface area contributed by atoms with Crippen LogP contribution in [0.3, 0.4) is 0 Å². The Morgan fingerprint density at radius 2 is 2.29 bits per heavy atom. The molecule has 0 aliphatic rings. The lowest BCUT2D eigenvalue weighted by molar-refractivity contribution is -0.138. The molecule has 0 fully saturated rings. The van der Waals surface area contributed by atoms with Gasteiger partial charge in [-0.25, -0.2) is 0 Å². The van der Waals surface area contributed by atoms with Crippen molar-refractivity contribution in [1.29, 1.82) is 0 Å². The van der Waals surface area contributed by atoms with Gasteiger partial charge in [0.1, 0.15) is 0 Å². The van der Waals surface area contributed by atoms with E-state index >= 15 is 0 Å². The van der Waals surface area contributed by atoms with Crippen LogP contribution in [0.25, 0.3) is 0 Å². The number of carboxylic acids is 1. The van der Waals surface area contributed by atoms with Crippen molar-refractivity contribution in [2.45, 2.75) is 39.2 Å². The van der Waals surface area contributed by atoms with E-state index < -0.39 is 11.9 Å². The molecule has 0 aliphatic heterocycles. The molecule has 0 aromatic carbocycles. The molecule has 1 heterocycles. The van der Waals surface area contributed by atoms with E-state index in [4.69, 9.17) is 5.11 Å². The third-order valence-corrected chi connectivity index (χ3v) is 2.26. The predicted molar refractivity (Wildman–Crippen MR) is 53.3 cm³/mol. The van der Waals surface area contributed by atoms with Gasteiger partial charge in [-0.3, -0.25) is 9.48 Å². The molecule has 4 nitrogen and oxygen atoms in total. The average molecular weight is 196 g/mol. The van der Waals surface area contributed by atoms with Gasteiger partial charge in [0, 0.05) is 17.8 Å². The molecule has 4 heteroatoms. The fraction of sp³-hybridized carbons (Fsp3) is 0.600. The molecule has 0 saturated heterocycles. The van der Waals surface area contributed by atoms with Crippen LogP contribution in [-0.4, -0.2) is 20.9 Å². The number of carbonyl (C=O) groups is 1. The Morgan fingerprint density at radius 1 is 1.64 bits per heavy atom. The van der Waals surface area contributed by atoms with E-state index in [-0.39, 0.29) is 6.04 Å². The molecule has 1 aromatic heterocycles. The molecule has 1 N–H and O–H groups in total. The van der Waals surface area contributed by atoms with Gasteiger partial charge in [-0.15, -0.1) is 0 Å². The summed E-state index contributed by atoms with van der Waals surface area (Å²) >= 11 is 0. The normalized spacial score (nSPS) is 13.1. The highest BCUT2D eigenvalue weighted by atomic mass is 16.4. The van der Waals surface area contributed by atoms with Crippen LogP contribution >= 0.6 is 0 Å². The first-order chi connectivity index (χ1) is 6.56. The van der Waals surface area contributed by atoms with Crippen LogP contribution in [0, 0.1) is 0 Å². The molecule has 0 bridgehead atoms. The van der Waals surface area contributed by atoms with Gasteiger partial charge in [-0.05, 0) is 20.3 Å². The van der Waals surface area contributed by atoms with Crippen molar-refractivity contribution in [3.63, 3.8) is 0 Å². The zero-order valence-corrected chi connectivity index (χ0v) is 8.77.